The molecule has 2 aromatic rings. The van der Waals surface area contributed by atoms with Crippen molar-refractivity contribution in [2.45, 2.75) is 12.7 Å². The SMILES string of the molecule is FC(F)(F)CNCCn1ccc2cc(Br)ccc21. The van der Waals surface area contributed by atoms with Crippen molar-refractivity contribution in [3.63, 3.8) is 0 Å². The number of aromatic nitrogens is 1. The summed E-state index contributed by atoms with van der Waals surface area (Å²) in [4.78, 5) is 0. The average Bonchev–Trinajstić information content (AvgIpc) is 2.65. The molecule has 18 heavy (non-hydrogen) atoms. The lowest BCUT2D eigenvalue weighted by Crippen LogP contribution is -2.31. The number of nitrogens with zero attached hydrogens (tertiary/aromatic N) is 1. The first-order chi connectivity index (χ1) is 8.46. The van der Waals surface area contributed by atoms with Crippen LogP contribution in [0.15, 0.2) is 34.9 Å². The van der Waals surface area contributed by atoms with E-state index in [9.17, 15) is 13.2 Å². The molecule has 0 atom stereocenters. The second-order valence-electron chi connectivity index (χ2n) is 4.00. The van der Waals surface area contributed by atoms with E-state index in [0.29, 0.717) is 13.1 Å². The highest BCUT2D eigenvalue weighted by molar-refractivity contribution is 9.10. The Bertz CT molecular complexity index is 534. The lowest BCUT2D eigenvalue weighted by Gasteiger charge is -2.09. The third-order valence-corrected chi connectivity index (χ3v) is 3.08. The largest absolute Gasteiger partial charge is 0.401 e. The molecule has 0 aliphatic rings. The molecule has 0 aliphatic carbocycles. The van der Waals surface area contributed by atoms with Crippen molar-refractivity contribution in [1.29, 1.82) is 0 Å². The monoisotopic (exact) mass is 320 g/mol. The lowest BCUT2D eigenvalue weighted by molar-refractivity contribution is -0.124. The van der Waals surface area contributed by atoms with Gasteiger partial charge in [0.2, 0.25) is 0 Å². The summed E-state index contributed by atoms with van der Waals surface area (Å²) in [6.07, 6.45) is -2.27. The van der Waals surface area contributed by atoms with E-state index in [0.717, 1.165) is 15.4 Å². The topological polar surface area (TPSA) is 17.0 Å². The van der Waals surface area contributed by atoms with Gasteiger partial charge in [-0.1, -0.05) is 15.9 Å². The number of hydrogen-bond acceptors (Lipinski definition) is 1. The van der Waals surface area contributed by atoms with Crippen molar-refractivity contribution in [2.75, 3.05) is 13.1 Å². The van der Waals surface area contributed by atoms with Crippen molar-refractivity contribution >= 4 is 26.8 Å². The Morgan fingerprint density at radius 1 is 1.22 bits per heavy atom. The van der Waals surface area contributed by atoms with E-state index in [4.69, 9.17) is 0 Å². The van der Waals surface area contributed by atoms with Crippen LogP contribution < -0.4 is 5.32 Å². The van der Waals surface area contributed by atoms with Crippen molar-refractivity contribution in [2.24, 2.45) is 0 Å². The highest BCUT2D eigenvalue weighted by atomic mass is 79.9. The zero-order valence-electron chi connectivity index (χ0n) is 9.47. The molecular weight excluding hydrogens is 309 g/mol. The van der Waals surface area contributed by atoms with Crippen LogP contribution in [0.2, 0.25) is 0 Å². The van der Waals surface area contributed by atoms with Crippen molar-refractivity contribution in [3.05, 3.63) is 34.9 Å². The first-order valence-electron chi connectivity index (χ1n) is 5.47. The summed E-state index contributed by atoms with van der Waals surface area (Å²) in [7, 11) is 0. The van der Waals surface area contributed by atoms with E-state index in [1.807, 2.05) is 35.0 Å². The number of rotatable bonds is 4. The molecule has 0 saturated heterocycles. The normalized spacial score (nSPS) is 12.2. The fourth-order valence-corrected chi connectivity index (χ4v) is 2.17. The molecule has 0 unspecified atom stereocenters. The fraction of sp³-hybridized carbons (Fsp3) is 0.333. The summed E-state index contributed by atoms with van der Waals surface area (Å²) in [6.45, 7) is -0.141. The molecule has 1 aromatic carbocycles. The van der Waals surface area contributed by atoms with Gasteiger partial charge in [0, 0.05) is 34.7 Å². The fourth-order valence-electron chi connectivity index (χ4n) is 1.80. The summed E-state index contributed by atoms with van der Waals surface area (Å²) in [5, 5.41) is 3.45. The maximum absolute atomic E-state index is 11.9. The molecule has 0 aliphatic heterocycles. The molecule has 1 N–H and O–H groups in total. The molecule has 1 heterocycles. The Balaban J connectivity index is 1.96. The van der Waals surface area contributed by atoms with Crippen LogP contribution in [0.5, 0.6) is 0 Å². The Kier molecular flexibility index (Phi) is 3.97. The molecule has 1 aromatic heterocycles. The molecular formula is C12H12BrF3N2. The molecule has 0 fully saturated rings. The minimum Gasteiger partial charge on any atom is -0.346 e. The first-order valence-corrected chi connectivity index (χ1v) is 6.27. The van der Waals surface area contributed by atoms with Crippen LogP contribution >= 0.6 is 15.9 Å². The van der Waals surface area contributed by atoms with Gasteiger partial charge >= 0.3 is 6.18 Å². The summed E-state index contributed by atoms with van der Waals surface area (Å²) >= 11 is 3.38. The zero-order valence-corrected chi connectivity index (χ0v) is 11.1. The Hall–Kier alpha value is -1.01. The second kappa shape index (κ2) is 5.32. The number of benzene rings is 1. The van der Waals surface area contributed by atoms with Gasteiger partial charge in [0.05, 0.1) is 6.54 Å². The standard InChI is InChI=1S/C12H12BrF3N2/c13-10-1-2-11-9(7-10)3-5-18(11)6-4-17-8-12(14,15)16/h1-3,5,7,17H,4,6,8H2. The van der Waals surface area contributed by atoms with Gasteiger partial charge in [0.15, 0.2) is 0 Å². The molecule has 2 rings (SSSR count). The predicted octanol–water partition coefficient (Wildman–Crippen LogP) is 3.56. The third kappa shape index (κ3) is 3.49. The van der Waals surface area contributed by atoms with E-state index in [2.05, 4.69) is 21.2 Å². The molecule has 6 heteroatoms. The minimum atomic E-state index is -4.15. The number of nitrogens with one attached hydrogen (secondary N) is 1. The van der Waals surface area contributed by atoms with Crippen LogP contribution in [-0.4, -0.2) is 23.8 Å². The van der Waals surface area contributed by atoms with Crippen LogP contribution in [0, 0.1) is 0 Å². The van der Waals surface area contributed by atoms with Gasteiger partial charge in [-0.15, -0.1) is 0 Å². The van der Waals surface area contributed by atoms with Gasteiger partial charge in [-0.25, -0.2) is 0 Å². The second-order valence-corrected chi connectivity index (χ2v) is 4.92. The summed E-state index contributed by atoms with van der Waals surface area (Å²) < 4.78 is 38.8. The third-order valence-electron chi connectivity index (χ3n) is 2.59. The van der Waals surface area contributed by atoms with E-state index in [1.54, 1.807) is 0 Å². The Morgan fingerprint density at radius 3 is 2.72 bits per heavy atom. The van der Waals surface area contributed by atoms with Crippen LogP contribution in [0.25, 0.3) is 10.9 Å². The van der Waals surface area contributed by atoms with Crippen LogP contribution in [0.1, 0.15) is 0 Å². The van der Waals surface area contributed by atoms with Gasteiger partial charge in [0.25, 0.3) is 0 Å². The van der Waals surface area contributed by atoms with Crippen molar-refractivity contribution in [3.8, 4) is 0 Å². The van der Waals surface area contributed by atoms with E-state index < -0.39 is 12.7 Å². The smallest absolute Gasteiger partial charge is 0.346 e. The van der Waals surface area contributed by atoms with Gasteiger partial charge in [-0.3, -0.25) is 0 Å². The van der Waals surface area contributed by atoms with E-state index in [1.165, 1.54) is 0 Å². The minimum absolute atomic E-state index is 0.291. The highest BCUT2D eigenvalue weighted by Gasteiger charge is 2.25. The summed E-state index contributed by atoms with van der Waals surface area (Å²) in [5.74, 6) is 0. The molecule has 0 amide bonds. The van der Waals surface area contributed by atoms with E-state index >= 15 is 0 Å². The molecule has 98 valence electrons. The van der Waals surface area contributed by atoms with Gasteiger partial charge < -0.3 is 9.88 Å². The van der Waals surface area contributed by atoms with Crippen molar-refractivity contribution < 1.29 is 13.2 Å². The van der Waals surface area contributed by atoms with E-state index in [-0.39, 0.29) is 0 Å². The predicted molar refractivity (Wildman–Crippen MR) is 68.6 cm³/mol. The number of fused-ring (bicyclic) bond motifs is 1. The lowest BCUT2D eigenvalue weighted by atomic mass is 10.2. The van der Waals surface area contributed by atoms with Gasteiger partial charge in [0.1, 0.15) is 0 Å². The molecule has 0 bridgehead atoms. The van der Waals surface area contributed by atoms with Crippen LogP contribution in [0.4, 0.5) is 13.2 Å². The summed E-state index contributed by atoms with van der Waals surface area (Å²) in [5.41, 5.74) is 1.02. The average molecular weight is 321 g/mol. The molecule has 2 nitrogen and oxygen atoms in total. The Labute approximate surface area is 111 Å². The van der Waals surface area contributed by atoms with Crippen LogP contribution in [0.3, 0.4) is 0 Å². The molecule has 0 radical (unpaired) electrons. The molecule has 0 saturated carbocycles. The number of hydrogen-bond donors (Lipinski definition) is 1. The maximum Gasteiger partial charge on any atom is 0.401 e. The molecule has 0 spiro atoms. The zero-order chi connectivity index (χ0) is 13.2. The maximum atomic E-state index is 11.9. The van der Waals surface area contributed by atoms with Crippen LogP contribution in [-0.2, 0) is 6.54 Å². The number of halogens is 4. The van der Waals surface area contributed by atoms with Gasteiger partial charge in [-0.05, 0) is 24.3 Å². The van der Waals surface area contributed by atoms with Gasteiger partial charge in [-0.2, -0.15) is 13.2 Å². The first kappa shape index (κ1) is 13.4. The summed E-state index contributed by atoms with van der Waals surface area (Å²) in [6, 6.07) is 7.80. The quantitative estimate of drug-likeness (QED) is 0.852. The van der Waals surface area contributed by atoms with Crippen molar-refractivity contribution in [1.82, 2.24) is 9.88 Å². The number of alkyl halides is 3. The Morgan fingerprint density at radius 2 is 2.00 bits per heavy atom. The highest BCUT2D eigenvalue weighted by Crippen LogP contribution is 2.20.